The predicted molar refractivity (Wildman–Crippen MR) is 56.2 cm³/mol. The lowest BCUT2D eigenvalue weighted by Crippen LogP contribution is -2.37. The van der Waals surface area contributed by atoms with Gasteiger partial charge in [0.25, 0.3) is 0 Å². The van der Waals surface area contributed by atoms with E-state index in [9.17, 15) is 9.59 Å². The molecule has 0 saturated heterocycles. The first kappa shape index (κ1) is 13.2. The van der Waals surface area contributed by atoms with Crippen molar-refractivity contribution >= 4 is 23.4 Å². The molecule has 5 heteroatoms. The van der Waals surface area contributed by atoms with Crippen molar-refractivity contribution in [2.75, 3.05) is 26.0 Å². The molecule has 0 aromatic rings. The van der Waals surface area contributed by atoms with E-state index in [0.29, 0.717) is 13.1 Å². The monoisotopic (exact) mass is 220 g/mol. The van der Waals surface area contributed by atoms with Crippen molar-refractivity contribution in [1.29, 1.82) is 0 Å². The summed E-state index contributed by atoms with van der Waals surface area (Å²) < 4.78 is 0. The van der Waals surface area contributed by atoms with E-state index in [1.807, 2.05) is 13.8 Å². The van der Waals surface area contributed by atoms with E-state index in [4.69, 9.17) is 11.6 Å². The zero-order valence-electron chi connectivity index (χ0n) is 8.84. The summed E-state index contributed by atoms with van der Waals surface area (Å²) in [6, 6.07) is 0. The van der Waals surface area contributed by atoms with Crippen molar-refractivity contribution in [1.82, 2.24) is 10.2 Å². The molecule has 0 heterocycles. The van der Waals surface area contributed by atoms with Crippen LogP contribution in [0.25, 0.3) is 0 Å². The van der Waals surface area contributed by atoms with Crippen LogP contribution >= 0.6 is 11.6 Å². The van der Waals surface area contributed by atoms with Gasteiger partial charge in [-0.15, -0.1) is 11.6 Å². The molecule has 1 N–H and O–H groups in total. The molecule has 4 nitrogen and oxygen atoms in total. The number of nitrogens with one attached hydrogen (secondary N) is 1. The Hall–Kier alpha value is -0.770. The lowest BCUT2D eigenvalue weighted by Gasteiger charge is -2.16. The molecular formula is C9H17ClN2O2. The number of likely N-dealkylation sites (N-methyl/N-ethyl adjacent to an activating group) is 1. The number of hydrogen-bond acceptors (Lipinski definition) is 2. The Labute approximate surface area is 89.6 Å². The summed E-state index contributed by atoms with van der Waals surface area (Å²) in [7, 11) is 1.66. The molecule has 0 aromatic heterocycles. The first-order valence-electron chi connectivity index (χ1n) is 4.56. The summed E-state index contributed by atoms with van der Waals surface area (Å²) in [6.07, 6.45) is 0. The Balaban J connectivity index is 3.64. The topological polar surface area (TPSA) is 49.4 Å². The van der Waals surface area contributed by atoms with E-state index < -0.39 is 0 Å². The Morgan fingerprint density at radius 1 is 1.43 bits per heavy atom. The molecule has 0 bridgehead atoms. The Kier molecular flexibility index (Phi) is 6.28. The minimum absolute atomic E-state index is 0.00303. The second-order valence-corrected chi connectivity index (χ2v) is 3.66. The van der Waals surface area contributed by atoms with Crippen LogP contribution in [-0.4, -0.2) is 42.7 Å². The number of carbonyl (C=O) groups is 2. The van der Waals surface area contributed by atoms with Crippen LogP contribution in [0.4, 0.5) is 0 Å². The molecule has 82 valence electrons. The molecule has 0 atom stereocenters. The summed E-state index contributed by atoms with van der Waals surface area (Å²) in [4.78, 5) is 23.6. The summed E-state index contributed by atoms with van der Waals surface area (Å²) >= 11 is 5.36. The van der Waals surface area contributed by atoms with Crippen LogP contribution in [0.2, 0.25) is 0 Å². The van der Waals surface area contributed by atoms with Crippen molar-refractivity contribution in [3.63, 3.8) is 0 Å². The first-order chi connectivity index (χ1) is 6.49. The minimum Gasteiger partial charge on any atom is -0.354 e. The van der Waals surface area contributed by atoms with Crippen molar-refractivity contribution in [3.8, 4) is 0 Å². The Morgan fingerprint density at radius 3 is 2.43 bits per heavy atom. The standard InChI is InChI=1S/C9H17ClN2O2/c1-7(2)9(14)11-4-5-12(3)8(13)6-10/h7H,4-6H2,1-3H3,(H,11,14). The number of rotatable bonds is 5. The lowest BCUT2D eigenvalue weighted by molar-refractivity contribution is -0.128. The van der Waals surface area contributed by atoms with Crippen LogP contribution in [0.5, 0.6) is 0 Å². The highest BCUT2D eigenvalue weighted by Gasteiger charge is 2.08. The summed E-state index contributed by atoms with van der Waals surface area (Å²) in [6.45, 7) is 4.60. The fourth-order valence-corrected chi connectivity index (χ4v) is 0.982. The minimum atomic E-state index is -0.134. The van der Waals surface area contributed by atoms with Crippen molar-refractivity contribution in [2.24, 2.45) is 5.92 Å². The molecule has 0 rings (SSSR count). The third-order valence-corrected chi connectivity index (χ3v) is 2.04. The van der Waals surface area contributed by atoms with Gasteiger partial charge in [-0.05, 0) is 0 Å². The molecule has 0 aromatic carbocycles. The van der Waals surface area contributed by atoms with Gasteiger partial charge in [0.1, 0.15) is 5.88 Å². The largest absolute Gasteiger partial charge is 0.354 e. The molecular weight excluding hydrogens is 204 g/mol. The third kappa shape index (κ3) is 5.07. The molecule has 14 heavy (non-hydrogen) atoms. The van der Waals surface area contributed by atoms with E-state index in [1.54, 1.807) is 7.05 Å². The predicted octanol–water partition coefficient (Wildman–Crippen LogP) is 0.456. The van der Waals surface area contributed by atoms with Crippen LogP contribution in [-0.2, 0) is 9.59 Å². The van der Waals surface area contributed by atoms with Gasteiger partial charge in [0.05, 0.1) is 0 Å². The highest BCUT2D eigenvalue weighted by Crippen LogP contribution is 1.91. The lowest BCUT2D eigenvalue weighted by atomic mass is 10.2. The van der Waals surface area contributed by atoms with Crippen molar-refractivity contribution < 1.29 is 9.59 Å². The molecule has 0 unspecified atom stereocenters. The molecule has 2 amide bonds. The number of carbonyl (C=O) groups excluding carboxylic acids is 2. The maximum absolute atomic E-state index is 11.1. The van der Waals surface area contributed by atoms with Crippen LogP contribution in [0.15, 0.2) is 0 Å². The fraction of sp³-hybridized carbons (Fsp3) is 0.778. The normalized spacial score (nSPS) is 10.1. The molecule has 0 radical (unpaired) electrons. The van der Waals surface area contributed by atoms with Gasteiger partial charge in [-0.1, -0.05) is 13.8 Å². The summed E-state index contributed by atoms with van der Waals surface area (Å²) in [5, 5.41) is 2.72. The van der Waals surface area contributed by atoms with Gasteiger partial charge in [-0.3, -0.25) is 9.59 Å². The van der Waals surface area contributed by atoms with Gasteiger partial charge in [0.15, 0.2) is 0 Å². The Bertz CT molecular complexity index is 207. The van der Waals surface area contributed by atoms with Crippen LogP contribution in [0.3, 0.4) is 0 Å². The van der Waals surface area contributed by atoms with Crippen LogP contribution in [0.1, 0.15) is 13.8 Å². The zero-order chi connectivity index (χ0) is 11.1. The van der Waals surface area contributed by atoms with Crippen LogP contribution in [0, 0.1) is 5.92 Å². The molecule has 0 spiro atoms. The SMILES string of the molecule is CC(C)C(=O)NCCN(C)C(=O)CCl. The number of halogens is 1. The van der Waals surface area contributed by atoms with Crippen LogP contribution < -0.4 is 5.32 Å². The van der Waals surface area contributed by atoms with E-state index in [2.05, 4.69) is 5.32 Å². The number of nitrogens with zero attached hydrogens (tertiary/aromatic N) is 1. The summed E-state index contributed by atoms with van der Waals surface area (Å²) in [5.74, 6) is -0.180. The zero-order valence-corrected chi connectivity index (χ0v) is 9.60. The number of amides is 2. The highest BCUT2D eigenvalue weighted by molar-refractivity contribution is 6.27. The molecule has 0 aliphatic heterocycles. The fourth-order valence-electron chi connectivity index (χ4n) is 0.778. The average Bonchev–Trinajstić information content (AvgIpc) is 2.15. The quantitative estimate of drug-likeness (QED) is 0.685. The van der Waals surface area contributed by atoms with E-state index in [0.717, 1.165) is 0 Å². The average molecular weight is 221 g/mol. The van der Waals surface area contributed by atoms with Gasteiger partial charge in [-0.2, -0.15) is 0 Å². The van der Waals surface area contributed by atoms with Gasteiger partial charge in [0.2, 0.25) is 11.8 Å². The van der Waals surface area contributed by atoms with E-state index in [1.165, 1.54) is 4.90 Å². The summed E-state index contributed by atoms with van der Waals surface area (Å²) in [5.41, 5.74) is 0. The van der Waals surface area contributed by atoms with Crippen molar-refractivity contribution in [2.45, 2.75) is 13.8 Å². The maximum atomic E-state index is 11.1. The molecule has 0 aliphatic rings. The van der Waals surface area contributed by atoms with E-state index >= 15 is 0 Å². The third-order valence-electron chi connectivity index (χ3n) is 1.81. The first-order valence-corrected chi connectivity index (χ1v) is 5.10. The maximum Gasteiger partial charge on any atom is 0.237 e. The smallest absolute Gasteiger partial charge is 0.237 e. The second-order valence-electron chi connectivity index (χ2n) is 3.39. The van der Waals surface area contributed by atoms with Gasteiger partial charge in [-0.25, -0.2) is 0 Å². The molecule has 0 saturated carbocycles. The molecule has 0 aliphatic carbocycles. The Morgan fingerprint density at radius 2 is 2.00 bits per heavy atom. The van der Waals surface area contributed by atoms with Gasteiger partial charge < -0.3 is 10.2 Å². The number of alkyl halides is 1. The van der Waals surface area contributed by atoms with E-state index in [-0.39, 0.29) is 23.6 Å². The second kappa shape index (κ2) is 6.65. The van der Waals surface area contributed by atoms with Gasteiger partial charge in [0, 0.05) is 26.1 Å². The van der Waals surface area contributed by atoms with Crippen molar-refractivity contribution in [3.05, 3.63) is 0 Å². The molecule has 0 fully saturated rings. The van der Waals surface area contributed by atoms with Gasteiger partial charge >= 0.3 is 0 Å². The number of hydrogen-bond donors (Lipinski definition) is 1. The highest BCUT2D eigenvalue weighted by atomic mass is 35.5.